The largest absolute Gasteiger partial charge is 0.264 e. The van der Waals surface area contributed by atoms with E-state index >= 15 is 0 Å². The zero-order valence-electron chi connectivity index (χ0n) is 26.8. The first-order valence-corrected chi connectivity index (χ1v) is 16.7. The number of nitrogens with zero attached hydrogens (tertiary/aromatic N) is 1. The van der Waals surface area contributed by atoms with Crippen molar-refractivity contribution < 1.29 is 8.78 Å². The summed E-state index contributed by atoms with van der Waals surface area (Å²) in [5.74, 6) is -0.489. The van der Waals surface area contributed by atoms with E-state index in [1.54, 1.807) is 12.1 Å². The van der Waals surface area contributed by atoms with Crippen molar-refractivity contribution in [2.75, 3.05) is 0 Å². The van der Waals surface area contributed by atoms with Gasteiger partial charge in [0.2, 0.25) is 0 Å². The van der Waals surface area contributed by atoms with Gasteiger partial charge >= 0.3 is 0 Å². The summed E-state index contributed by atoms with van der Waals surface area (Å²) in [5, 5.41) is 12.8. The van der Waals surface area contributed by atoms with Gasteiger partial charge in [-0.3, -0.25) is 4.98 Å². The molecule has 0 N–H and O–H groups in total. The van der Waals surface area contributed by atoms with Crippen LogP contribution in [0, 0.1) is 11.6 Å². The molecule has 1 heterocycles. The Morgan fingerprint density at radius 2 is 0.880 bits per heavy atom. The fourth-order valence-corrected chi connectivity index (χ4v) is 7.90. The van der Waals surface area contributed by atoms with Crippen molar-refractivity contribution in [2.45, 2.75) is 0 Å². The fourth-order valence-electron chi connectivity index (χ4n) is 7.90. The topological polar surface area (TPSA) is 12.9 Å². The van der Waals surface area contributed by atoms with Gasteiger partial charge in [0.05, 0.1) is 0 Å². The third-order valence-corrected chi connectivity index (χ3v) is 10.2. The van der Waals surface area contributed by atoms with E-state index in [4.69, 9.17) is 0 Å². The normalized spacial score (nSPS) is 11.8. The second kappa shape index (κ2) is 11.0. The molecule has 0 fully saturated rings. The minimum absolute atomic E-state index is 0.244. The van der Waals surface area contributed by atoms with Gasteiger partial charge < -0.3 is 0 Å². The first-order chi connectivity index (χ1) is 24.6. The van der Waals surface area contributed by atoms with E-state index in [1.165, 1.54) is 17.5 Å². The lowest BCUT2D eigenvalue weighted by molar-refractivity contribution is 0.629. The Kier molecular flexibility index (Phi) is 6.31. The minimum Gasteiger partial charge on any atom is -0.264 e. The summed E-state index contributed by atoms with van der Waals surface area (Å²) in [7, 11) is 0. The number of benzene rings is 9. The minimum atomic E-state index is -0.245. The molecule has 0 saturated carbocycles. The molecule has 10 aromatic rings. The molecule has 0 radical (unpaired) electrons. The molecular weight excluding hydrogens is 617 g/mol. The first kappa shape index (κ1) is 28.6. The quantitative estimate of drug-likeness (QED) is 0.138. The monoisotopic (exact) mass is 643 g/mol. The van der Waals surface area contributed by atoms with Gasteiger partial charge in [0.15, 0.2) is 0 Å². The molecule has 0 unspecified atom stereocenters. The van der Waals surface area contributed by atoms with Crippen LogP contribution in [-0.4, -0.2) is 4.98 Å². The Labute approximate surface area is 286 Å². The fraction of sp³-hybridized carbons (Fsp3) is 0. The summed E-state index contributed by atoms with van der Waals surface area (Å²) < 4.78 is 28.4. The van der Waals surface area contributed by atoms with Crippen molar-refractivity contribution in [1.82, 2.24) is 4.98 Å². The Balaban J connectivity index is 1.41. The van der Waals surface area contributed by atoms with Crippen molar-refractivity contribution in [3.8, 4) is 33.4 Å². The van der Waals surface area contributed by atoms with Crippen LogP contribution in [0.5, 0.6) is 0 Å². The predicted octanol–water partition coefficient (Wildman–Crippen LogP) is 13.3. The first-order valence-electron chi connectivity index (χ1n) is 16.7. The van der Waals surface area contributed by atoms with Gasteiger partial charge in [-0.05, 0) is 153 Å². The van der Waals surface area contributed by atoms with E-state index in [-0.39, 0.29) is 11.6 Å². The van der Waals surface area contributed by atoms with Gasteiger partial charge in [-0.15, -0.1) is 0 Å². The third-order valence-electron chi connectivity index (χ3n) is 10.2. The Morgan fingerprint density at radius 3 is 1.48 bits per heavy atom. The number of halogens is 2. The molecule has 0 atom stereocenters. The number of rotatable bonds is 3. The molecule has 0 bridgehead atoms. The van der Waals surface area contributed by atoms with Crippen molar-refractivity contribution in [3.05, 3.63) is 176 Å². The van der Waals surface area contributed by atoms with Crippen LogP contribution in [0.1, 0.15) is 0 Å². The van der Waals surface area contributed by atoms with Gasteiger partial charge in [0.25, 0.3) is 0 Å². The van der Waals surface area contributed by atoms with Crippen LogP contribution >= 0.6 is 0 Å². The van der Waals surface area contributed by atoms with Crippen LogP contribution < -0.4 is 0 Å². The average Bonchev–Trinajstić information content (AvgIpc) is 3.16. The zero-order chi connectivity index (χ0) is 33.3. The molecule has 10 rings (SSSR count). The van der Waals surface area contributed by atoms with Gasteiger partial charge in [0, 0.05) is 18.0 Å². The predicted molar refractivity (Wildman–Crippen MR) is 205 cm³/mol. The zero-order valence-corrected chi connectivity index (χ0v) is 26.8. The highest BCUT2D eigenvalue weighted by Crippen LogP contribution is 2.47. The van der Waals surface area contributed by atoms with E-state index in [9.17, 15) is 8.78 Å². The highest BCUT2D eigenvalue weighted by Gasteiger charge is 2.20. The van der Waals surface area contributed by atoms with Crippen molar-refractivity contribution >= 4 is 64.6 Å². The molecular formula is C47H27F2N. The SMILES string of the molecule is Fc1ccc2cc(-c3c4ccccc4c(-c4ccc5cc(F)ccc5c4)c4cc5c(cc34)c(-c3cccnc3)cc3ccccc35)ccc2c1. The van der Waals surface area contributed by atoms with Crippen LogP contribution in [-0.2, 0) is 0 Å². The van der Waals surface area contributed by atoms with Gasteiger partial charge in [0.1, 0.15) is 11.6 Å². The maximum absolute atomic E-state index is 14.2. The van der Waals surface area contributed by atoms with Gasteiger partial charge in [-0.2, -0.15) is 0 Å². The summed E-state index contributed by atoms with van der Waals surface area (Å²) in [6.45, 7) is 0. The van der Waals surface area contributed by atoms with Crippen LogP contribution in [0.4, 0.5) is 8.78 Å². The third kappa shape index (κ3) is 4.48. The average molecular weight is 644 g/mol. The standard InChI is InChI=1S/C47H27F2N/c48-36-17-15-28-20-33(13-11-30(28)22-36)46-39-9-3-4-10-40(39)47(34-14-12-31-23-37(49)18-16-29(31)21-34)45-26-43-41(35-7-5-19-50-27-35)24-32-6-1-2-8-38(32)42(43)25-44(45)46/h1-27H. The molecule has 0 spiro atoms. The molecule has 0 saturated heterocycles. The molecule has 0 aliphatic rings. The van der Waals surface area contributed by atoms with Crippen LogP contribution in [0.25, 0.3) is 98.0 Å². The number of pyridine rings is 1. The molecule has 1 nitrogen and oxygen atoms in total. The molecule has 0 aliphatic heterocycles. The lowest BCUT2D eigenvalue weighted by Gasteiger charge is -2.20. The molecule has 3 heteroatoms. The maximum atomic E-state index is 14.2. The lowest BCUT2D eigenvalue weighted by Crippen LogP contribution is -1.93. The van der Waals surface area contributed by atoms with E-state index in [2.05, 4.69) is 102 Å². The molecule has 0 amide bonds. The summed E-state index contributed by atoms with van der Waals surface area (Å²) in [6, 6.07) is 50.8. The maximum Gasteiger partial charge on any atom is 0.123 e. The van der Waals surface area contributed by atoms with Crippen molar-refractivity contribution in [2.24, 2.45) is 0 Å². The van der Waals surface area contributed by atoms with Crippen molar-refractivity contribution in [3.63, 3.8) is 0 Å². The second-order valence-corrected chi connectivity index (χ2v) is 13.0. The molecule has 234 valence electrons. The Hall–Kier alpha value is -6.45. The molecule has 1 aromatic heterocycles. The lowest BCUT2D eigenvalue weighted by atomic mass is 9.83. The van der Waals surface area contributed by atoms with Gasteiger partial charge in [-0.25, -0.2) is 8.78 Å². The molecule has 9 aromatic carbocycles. The highest BCUT2D eigenvalue weighted by molar-refractivity contribution is 6.27. The molecule has 50 heavy (non-hydrogen) atoms. The van der Waals surface area contributed by atoms with Crippen LogP contribution in [0.15, 0.2) is 164 Å². The highest BCUT2D eigenvalue weighted by atomic mass is 19.1. The summed E-state index contributed by atoms with van der Waals surface area (Å²) >= 11 is 0. The number of hydrogen-bond donors (Lipinski definition) is 0. The second-order valence-electron chi connectivity index (χ2n) is 13.0. The smallest absolute Gasteiger partial charge is 0.123 e. The van der Waals surface area contributed by atoms with E-state index in [1.807, 2.05) is 42.7 Å². The van der Waals surface area contributed by atoms with E-state index < -0.39 is 0 Å². The summed E-state index contributed by atoms with van der Waals surface area (Å²) in [6.07, 6.45) is 3.74. The summed E-state index contributed by atoms with van der Waals surface area (Å²) in [5.41, 5.74) is 6.56. The number of aromatic nitrogens is 1. The number of hydrogen-bond acceptors (Lipinski definition) is 1. The van der Waals surface area contributed by atoms with E-state index in [0.717, 1.165) is 92.6 Å². The number of fused-ring (bicyclic) bond motifs is 7. The van der Waals surface area contributed by atoms with Gasteiger partial charge in [-0.1, -0.05) is 91.0 Å². The Morgan fingerprint density at radius 1 is 0.340 bits per heavy atom. The van der Waals surface area contributed by atoms with Crippen LogP contribution in [0.2, 0.25) is 0 Å². The molecule has 0 aliphatic carbocycles. The van der Waals surface area contributed by atoms with Crippen LogP contribution in [0.3, 0.4) is 0 Å². The summed E-state index contributed by atoms with van der Waals surface area (Å²) in [4.78, 5) is 4.49. The van der Waals surface area contributed by atoms with E-state index in [0.29, 0.717) is 0 Å². The van der Waals surface area contributed by atoms with Crippen molar-refractivity contribution in [1.29, 1.82) is 0 Å². The Bertz CT molecular complexity index is 3000.